The summed E-state index contributed by atoms with van der Waals surface area (Å²) in [5, 5.41) is 16.1. The highest BCUT2D eigenvalue weighted by Crippen LogP contribution is 2.18. The minimum Gasteiger partial charge on any atom is -0.298 e. The minimum absolute atomic E-state index is 0.435. The molecule has 88 valence electrons. The van der Waals surface area contributed by atoms with Gasteiger partial charge in [-0.25, -0.2) is 0 Å². The van der Waals surface area contributed by atoms with Crippen LogP contribution in [0.3, 0.4) is 0 Å². The van der Waals surface area contributed by atoms with Gasteiger partial charge in [0, 0.05) is 0 Å². The molecule has 0 aliphatic rings. The van der Waals surface area contributed by atoms with E-state index in [2.05, 4.69) is 20.4 Å². The molecule has 1 aromatic carbocycles. The van der Waals surface area contributed by atoms with Crippen LogP contribution in [0.4, 0.5) is 0 Å². The monoisotopic (exact) mass is 240 g/mol. The van der Waals surface area contributed by atoms with E-state index < -0.39 is 0 Å². The SMILES string of the molecule is O=Cc1c(-n2nccn2)cccc1-n1nccn1. The van der Waals surface area contributed by atoms with Gasteiger partial charge in [0.15, 0.2) is 6.29 Å². The van der Waals surface area contributed by atoms with Crippen molar-refractivity contribution < 1.29 is 4.79 Å². The summed E-state index contributed by atoms with van der Waals surface area (Å²) < 4.78 is 0. The number of benzene rings is 1. The fraction of sp³-hybridized carbons (Fsp3) is 0. The summed E-state index contributed by atoms with van der Waals surface area (Å²) in [5.74, 6) is 0. The van der Waals surface area contributed by atoms with Crippen LogP contribution in [0.15, 0.2) is 43.0 Å². The molecule has 18 heavy (non-hydrogen) atoms. The lowest BCUT2D eigenvalue weighted by molar-refractivity contribution is 0.112. The molecule has 3 aromatic rings. The van der Waals surface area contributed by atoms with Gasteiger partial charge >= 0.3 is 0 Å². The number of carbonyl (C=O) groups excluding carboxylic acids is 1. The Kier molecular flexibility index (Phi) is 2.41. The van der Waals surface area contributed by atoms with Gasteiger partial charge in [0.2, 0.25) is 0 Å². The van der Waals surface area contributed by atoms with E-state index in [-0.39, 0.29) is 0 Å². The van der Waals surface area contributed by atoms with Gasteiger partial charge in [0.05, 0.1) is 41.7 Å². The van der Waals surface area contributed by atoms with Crippen LogP contribution in [-0.2, 0) is 0 Å². The molecule has 0 saturated carbocycles. The van der Waals surface area contributed by atoms with Crippen molar-refractivity contribution in [3.8, 4) is 11.4 Å². The zero-order valence-electron chi connectivity index (χ0n) is 9.21. The molecular formula is C11H8N6O. The predicted molar refractivity (Wildman–Crippen MR) is 61.7 cm³/mol. The Hall–Kier alpha value is -2.83. The first kappa shape index (κ1) is 10.3. The molecule has 0 aliphatic heterocycles. The number of aldehydes is 1. The summed E-state index contributed by atoms with van der Waals surface area (Å²) in [6.07, 6.45) is 6.94. The third-order valence-electron chi connectivity index (χ3n) is 2.45. The molecule has 7 heteroatoms. The molecule has 0 amide bonds. The van der Waals surface area contributed by atoms with E-state index in [4.69, 9.17) is 0 Å². The zero-order valence-corrected chi connectivity index (χ0v) is 9.21. The highest BCUT2D eigenvalue weighted by molar-refractivity contribution is 5.86. The number of aromatic nitrogens is 6. The molecule has 0 atom stereocenters. The third-order valence-corrected chi connectivity index (χ3v) is 2.45. The Morgan fingerprint density at radius 1 is 0.833 bits per heavy atom. The first-order valence-corrected chi connectivity index (χ1v) is 5.22. The Morgan fingerprint density at radius 2 is 1.28 bits per heavy atom. The fourth-order valence-electron chi connectivity index (χ4n) is 1.69. The van der Waals surface area contributed by atoms with Gasteiger partial charge in [-0.3, -0.25) is 4.79 Å². The zero-order chi connectivity index (χ0) is 12.4. The van der Waals surface area contributed by atoms with Crippen LogP contribution in [0.1, 0.15) is 10.4 Å². The second kappa shape index (κ2) is 4.21. The number of hydrogen-bond acceptors (Lipinski definition) is 5. The van der Waals surface area contributed by atoms with Crippen molar-refractivity contribution in [1.82, 2.24) is 30.0 Å². The summed E-state index contributed by atoms with van der Waals surface area (Å²) in [6, 6.07) is 5.32. The maximum Gasteiger partial charge on any atom is 0.154 e. The summed E-state index contributed by atoms with van der Waals surface area (Å²) in [7, 11) is 0. The Labute approximate surface area is 102 Å². The van der Waals surface area contributed by atoms with Crippen molar-refractivity contribution in [3.63, 3.8) is 0 Å². The Bertz CT molecular complexity index is 606. The van der Waals surface area contributed by atoms with E-state index in [1.807, 2.05) is 0 Å². The van der Waals surface area contributed by atoms with Crippen molar-refractivity contribution in [2.24, 2.45) is 0 Å². The molecule has 0 aliphatic carbocycles. The molecule has 7 nitrogen and oxygen atoms in total. The van der Waals surface area contributed by atoms with Crippen molar-refractivity contribution in [2.45, 2.75) is 0 Å². The average molecular weight is 240 g/mol. The molecule has 0 radical (unpaired) electrons. The highest BCUT2D eigenvalue weighted by Gasteiger charge is 2.12. The highest BCUT2D eigenvalue weighted by atomic mass is 16.1. The summed E-state index contributed by atoms with van der Waals surface area (Å²) in [4.78, 5) is 14.1. The lowest BCUT2D eigenvalue weighted by Gasteiger charge is -2.08. The first-order valence-electron chi connectivity index (χ1n) is 5.22. The van der Waals surface area contributed by atoms with Crippen LogP contribution >= 0.6 is 0 Å². The van der Waals surface area contributed by atoms with Gasteiger partial charge < -0.3 is 0 Å². The normalized spacial score (nSPS) is 10.4. The van der Waals surface area contributed by atoms with Gasteiger partial charge in [0.1, 0.15) is 0 Å². The van der Waals surface area contributed by atoms with E-state index in [9.17, 15) is 4.79 Å². The third kappa shape index (κ3) is 1.58. The van der Waals surface area contributed by atoms with Gasteiger partial charge in [-0.1, -0.05) is 6.07 Å². The number of rotatable bonds is 3. The number of hydrogen-bond donors (Lipinski definition) is 0. The van der Waals surface area contributed by atoms with Crippen LogP contribution in [-0.4, -0.2) is 36.3 Å². The van der Waals surface area contributed by atoms with Crippen molar-refractivity contribution in [1.29, 1.82) is 0 Å². The molecule has 0 N–H and O–H groups in total. The van der Waals surface area contributed by atoms with Crippen molar-refractivity contribution in [2.75, 3.05) is 0 Å². The maximum absolute atomic E-state index is 11.3. The van der Waals surface area contributed by atoms with Gasteiger partial charge in [-0.2, -0.15) is 30.0 Å². The van der Waals surface area contributed by atoms with Crippen LogP contribution in [0.5, 0.6) is 0 Å². The summed E-state index contributed by atoms with van der Waals surface area (Å²) in [5.41, 5.74) is 1.61. The largest absolute Gasteiger partial charge is 0.298 e. The first-order chi connectivity index (χ1) is 8.90. The van der Waals surface area contributed by atoms with Crippen LogP contribution in [0, 0.1) is 0 Å². The fourth-order valence-corrected chi connectivity index (χ4v) is 1.69. The second-order valence-electron chi connectivity index (χ2n) is 3.46. The molecule has 0 fully saturated rings. The van der Waals surface area contributed by atoms with E-state index in [1.165, 1.54) is 9.59 Å². The molecule has 2 aromatic heterocycles. The van der Waals surface area contributed by atoms with E-state index in [0.717, 1.165) is 6.29 Å². The van der Waals surface area contributed by atoms with Gasteiger partial charge in [0.25, 0.3) is 0 Å². The number of carbonyl (C=O) groups is 1. The lowest BCUT2D eigenvalue weighted by Crippen LogP contribution is -2.08. The standard InChI is InChI=1S/C11H8N6O/c18-8-9-10(16-12-4-5-13-16)2-1-3-11(9)17-14-6-7-15-17/h1-8H. The van der Waals surface area contributed by atoms with Crippen LogP contribution < -0.4 is 0 Å². The van der Waals surface area contributed by atoms with E-state index in [0.29, 0.717) is 16.9 Å². The van der Waals surface area contributed by atoms with E-state index >= 15 is 0 Å². The van der Waals surface area contributed by atoms with E-state index in [1.54, 1.807) is 43.0 Å². The maximum atomic E-state index is 11.3. The van der Waals surface area contributed by atoms with Gasteiger partial charge in [-0.05, 0) is 12.1 Å². The topological polar surface area (TPSA) is 78.5 Å². The van der Waals surface area contributed by atoms with Crippen molar-refractivity contribution >= 4 is 6.29 Å². The lowest BCUT2D eigenvalue weighted by atomic mass is 10.1. The molecule has 0 bridgehead atoms. The van der Waals surface area contributed by atoms with Crippen LogP contribution in [0.25, 0.3) is 11.4 Å². The van der Waals surface area contributed by atoms with Crippen LogP contribution in [0.2, 0.25) is 0 Å². The summed E-state index contributed by atoms with van der Waals surface area (Å²) in [6.45, 7) is 0. The molecule has 0 unspecified atom stereocenters. The molecular weight excluding hydrogens is 232 g/mol. The molecule has 3 rings (SSSR count). The predicted octanol–water partition coefficient (Wildman–Crippen LogP) is 0.660. The number of nitrogens with zero attached hydrogens (tertiary/aromatic N) is 6. The smallest absolute Gasteiger partial charge is 0.154 e. The molecule has 0 spiro atoms. The minimum atomic E-state index is 0.435. The Balaban J connectivity index is 2.23. The molecule has 2 heterocycles. The summed E-state index contributed by atoms with van der Waals surface area (Å²) >= 11 is 0. The average Bonchev–Trinajstić information content (AvgIpc) is 3.10. The molecule has 0 saturated heterocycles. The van der Waals surface area contributed by atoms with Gasteiger partial charge in [-0.15, -0.1) is 0 Å². The second-order valence-corrected chi connectivity index (χ2v) is 3.46. The Morgan fingerprint density at radius 3 is 1.67 bits per heavy atom. The van der Waals surface area contributed by atoms with Crippen molar-refractivity contribution in [3.05, 3.63) is 48.5 Å². The quantitative estimate of drug-likeness (QED) is 0.628.